The van der Waals surface area contributed by atoms with Crippen LogP contribution in [0, 0.1) is 11.3 Å². The van der Waals surface area contributed by atoms with Gasteiger partial charge < -0.3 is 10.6 Å². The molecule has 2 N–H and O–H groups in total. The first-order valence-electron chi connectivity index (χ1n) is 7.42. The van der Waals surface area contributed by atoms with Gasteiger partial charge in [-0.2, -0.15) is 0 Å². The van der Waals surface area contributed by atoms with Crippen LogP contribution >= 0.6 is 15.9 Å². The Morgan fingerprint density at radius 1 is 1.30 bits per heavy atom. The Hall–Kier alpha value is -0.870. The van der Waals surface area contributed by atoms with E-state index in [9.17, 15) is 4.79 Å². The molecule has 1 unspecified atom stereocenters. The Morgan fingerprint density at radius 3 is 2.70 bits per heavy atom. The Kier molecular flexibility index (Phi) is 4.13. The van der Waals surface area contributed by atoms with Gasteiger partial charge in [0.25, 0.3) is 0 Å². The highest BCUT2D eigenvalue weighted by molar-refractivity contribution is 9.10. The third kappa shape index (κ3) is 3.07. The van der Waals surface area contributed by atoms with Gasteiger partial charge in [-0.3, -0.25) is 4.79 Å². The molecule has 1 atom stereocenters. The highest BCUT2D eigenvalue weighted by Gasteiger charge is 2.57. The molecule has 1 aliphatic heterocycles. The molecule has 3 rings (SSSR count). The van der Waals surface area contributed by atoms with Crippen LogP contribution in [0.25, 0.3) is 0 Å². The zero-order valence-corrected chi connectivity index (χ0v) is 13.2. The Balaban J connectivity index is 1.43. The summed E-state index contributed by atoms with van der Waals surface area (Å²) < 4.78 is 1.09. The largest absolute Gasteiger partial charge is 0.356 e. The van der Waals surface area contributed by atoms with Gasteiger partial charge in [0.2, 0.25) is 5.91 Å². The normalized spacial score (nSPS) is 23.6. The van der Waals surface area contributed by atoms with Crippen molar-refractivity contribution in [2.24, 2.45) is 11.3 Å². The molecule has 1 saturated heterocycles. The van der Waals surface area contributed by atoms with Crippen molar-refractivity contribution in [3.05, 3.63) is 34.3 Å². The number of carbonyl (C=O) groups excluding carboxylic acids is 1. The number of hydrogen-bond donors (Lipinski definition) is 2. The fourth-order valence-electron chi connectivity index (χ4n) is 3.30. The molecule has 0 radical (unpaired) electrons. The number of rotatable bonds is 4. The molecular formula is C16H21BrN2O. The van der Waals surface area contributed by atoms with E-state index in [0.717, 1.165) is 49.8 Å². The molecule has 1 aromatic carbocycles. The molecule has 1 spiro atoms. The van der Waals surface area contributed by atoms with Crippen molar-refractivity contribution >= 4 is 21.8 Å². The molecule has 2 fully saturated rings. The van der Waals surface area contributed by atoms with E-state index < -0.39 is 0 Å². The molecule has 1 saturated carbocycles. The summed E-state index contributed by atoms with van der Waals surface area (Å²) in [5.74, 6) is 0.540. The molecule has 20 heavy (non-hydrogen) atoms. The average molecular weight is 337 g/mol. The lowest BCUT2D eigenvalue weighted by Gasteiger charge is -2.23. The van der Waals surface area contributed by atoms with E-state index >= 15 is 0 Å². The van der Waals surface area contributed by atoms with Gasteiger partial charge in [-0.15, -0.1) is 0 Å². The Morgan fingerprint density at radius 2 is 2.00 bits per heavy atom. The molecule has 0 aromatic heterocycles. The molecule has 1 aromatic rings. The molecule has 4 heteroatoms. The van der Waals surface area contributed by atoms with Crippen molar-refractivity contribution in [3.63, 3.8) is 0 Å². The average Bonchev–Trinajstić information content (AvgIpc) is 3.15. The number of benzene rings is 1. The topological polar surface area (TPSA) is 41.1 Å². The van der Waals surface area contributed by atoms with E-state index in [-0.39, 0.29) is 11.8 Å². The van der Waals surface area contributed by atoms with Gasteiger partial charge in [0, 0.05) is 16.9 Å². The summed E-state index contributed by atoms with van der Waals surface area (Å²) in [6.45, 7) is 2.89. The molecule has 3 nitrogen and oxygen atoms in total. The summed E-state index contributed by atoms with van der Waals surface area (Å²) in [6.07, 6.45) is 4.33. The molecule has 2 aliphatic rings. The van der Waals surface area contributed by atoms with Gasteiger partial charge >= 0.3 is 0 Å². The van der Waals surface area contributed by atoms with Crippen LogP contribution in [0.1, 0.15) is 24.8 Å². The van der Waals surface area contributed by atoms with Crippen LogP contribution in [0.4, 0.5) is 0 Å². The van der Waals surface area contributed by atoms with Crippen LogP contribution in [0.2, 0.25) is 0 Å². The number of amides is 1. The first-order valence-corrected chi connectivity index (χ1v) is 8.22. The molecule has 108 valence electrons. The summed E-state index contributed by atoms with van der Waals surface area (Å²) in [5.41, 5.74) is 1.60. The van der Waals surface area contributed by atoms with E-state index in [0.29, 0.717) is 5.41 Å². The van der Waals surface area contributed by atoms with E-state index in [1.54, 1.807) is 0 Å². The zero-order chi connectivity index (χ0) is 14.0. The van der Waals surface area contributed by atoms with Crippen LogP contribution in [-0.4, -0.2) is 25.5 Å². The molecule has 0 bridgehead atoms. The maximum Gasteiger partial charge on any atom is 0.223 e. The van der Waals surface area contributed by atoms with Crippen LogP contribution in [-0.2, 0) is 11.2 Å². The highest BCUT2D eigenvalue weighted by Crippen LogP contribution is 2.58. The predicted octanol–water partition coefficient (Wildman–Crippen LogP) is 2.50. The molecule has 1 aliphatic carbocycles. The maximum atomic E-state index is 12.2. The van der Waals surface area contributed by atoms with E-state index in [1.807, 2.05) is 12.1 Å². The second kappa shape index (κ2) is 5.86. The van der Waals surface area contributed by atoms with Crippen molar-refractivity contribution in [1.82, 2.24) is 10.6 Å². The van der Waals surface area contributed by atoms with Gasteiger partial charge in [-0.25, -0.2) is 0 Å². The number of halogens is 1. The van der Waals surface area contributed by atoms with Crippen LogP contribution in [0.3, 0.4) is 0 Å². The van der Waals surface area contributed by atoms with Gasteiger partial charge in [0.15, 0.2) is 0 Å². The van der Waals surface area contributed by atoms with Crippen molar-refractivity contribution in [3.8, 4) is 0 Å². The molecular weight excluding hydrogens is 316 g/mol. The van der Waals surface area contributed by atoms with Crippen molar-refractivity contribution in [1.29, 1.82) is 0 Å². The number of carbonyl (C=O) groups is 1. The van der Waals surface area contributed by atoms with Gasteiger partial charge in [0.1, 0.15) is 0 Å². The first-order chi connectivity index (χ1) is 9.70. The number of piperidine rings is 1. The number of hydrogen-bond acceptors (Lipinski definition) is 2. The zero-order valence-electron chi connectivity index (χ0n) is 11.6. The quantitative estimate of drug-likeness (QED) is 0.886. The van der Waals surface area contributed by atoms with Crippen molar-refractivity contribution in [2.75, 3.05) is 19.6 Å². The Labute approximate surface area is 128 Å². The lowest BCUT2D eigenvalue weighted by molar-refractivity contribution is -0.123. The maximum absolute atomic E-state index is 12.2. The third-order valence-electron chi connectivity index (χ3n) is 4.73. The smallest absolute Gasteiger partial charge is 0.223 e. The highest BCUT2D eigenvalue weighted by atomic mass is 79.9. The minimum atomic E-state index is 0.268. The SMILES string of the molecule is O=C(NCCc1ccc(Br)cc1)C1CC12CCNCC2. The van der Waals surface area contributed by atoms with Gasteiger partial charge in [0.05, 0.1) is 0 Å². The first kappa shape index (κ1) is 14.1. The third-order valence-corrected chi connectivity index (χ3v) is 5.26. The van der Waals surface area contributed by atoms with E-state index in [4.69, 9.17) is 0 Å². The lowest BCUT2D eigenvalue weighted by Crippen LogP contribution is -2.34. The summed E-state index contributed by atoms with van der Waals surface area (Å²) in [7, 11) is 0. The fourth-order valence-corrected chi connectivity index (χ4v) is 3.56. The van der Waals surface area contributed by atoms with E-state index in [2.05, 4.69) is 38.7 Å². The monoisotopic (exact) mass is 336 g/mol. The van der Waals surface area contributed by atoms with Crippen LogP contribution in [0.5, 0.6) is 0 Å². The fraction of sp³-hybridized carbons (Fsp3) is 0.562. The molecule has 1 heterocycles. The lowest BCUT2D eigenvalue weighted by atomic mass is 9.92. The van der Waals surface area contributed by atoms with Crippen LogP contribution < -0.4 is 10.6 Å². The number of nitrogens with one attached hydrogen (secondary N) is 2. The summed E-state index contributed by atoms with van der Waals surface area (Å²) in [5, 5.41) is 6.48. The van der Waals surface area contributed by atoms with Crippen LogP contribution in [0.15, 0.2) is 28.7 Å². The van der Waals surface area contributed by atoms with Crippen molar-refractivity contribution < 1.29 is 4.79 Å². The minimum Gasteiger partial charge on any atom is -0.356 e. The Bertz CT molecular complexity index is 480. The van der Waals surface area contributed by atoms with Gasteiger partial charge in [-0.1, -0.05) is 28.1 Å². The standard InChI is InChI=1S/C16H21BrN2O/c17-13-3-1-12(2-4-13)5-8-19-15(20)14-11-16(14)6-9-18-10-7-16/h1-4,14,18H,5-11H2,(H,19,20). The van der Waals surface area contributed by atoms with Gasteiger partial charge in [-0.05, 0) is 61.9 Å². The second-order valence-corrected chi connectivity index (χ2v) is 6.95. The molecule has 1 amide bonds. The second-order valence-electron chi connectivity index (χ2n) is 6.04. The summed E-state index contributed by atoms with van der Waals surface area (Å²) in [4.78, 5) is 12.2. The predicted molar refractivity (Wildman–Crippen MR) is 83.5 cm³/mol. The summed E-state index contributed by atoms with van der Waals surface area (Å²) in [6, 6.07) is 8.29. The van der Waals surface area contributed by atoms with E-state index in [1.165, 1.54) is 5.56 Å². The summed E-state index contributed by atoms with van der Waals surface area (Å²) >= 11 is 3.43. The minimum absolute atomic E-state index is 0.268. The van der Waals surface area contributed by atoms with Crippen molar-refractivity contribution in [2.45, 2.75) is 25.7 Å².